The van der Waals surface area contributed by atoms with Crippen molar-refractivity contribution in [2.75, 3.05) is 13.1 Å². The van der Waals surface area contributed by atoms with Crippen LogP contribution in [-0.4, -0.2) is 35.1 Å². The van der Waals surface area contributed by atoms with E-state index >= 15 is 0 Å². The van der Waals surface area contributed by atoms with E-state index in [9.17, 15) is 9.90 Å². The zero-order valence-corrected chi connectivity index (χ0v) is 10.9. The van der Waals surface area contributed by atoms with Gasteiger partial charge in [-0.05, 0) is 24.5 Å². The zero-order chi connectivity index (χ0) is 13.4. The van der Waals surface area contributed by atoms with Gasteiger partial charge in [0.15, 0.2) is 5.76 Å². The smallest absolute Gasteiger partial charge is 0.289 e. The molecule has 1 aromatic heterocycles. The molecule has 1 N–H and O–H groups in total. The second-order valence-electron chi connectivity index (χ2n) is 5.23. The van der Waals surface area contributed by atoms with Crippen molar-refractivity contribution in [1.82, 2.24) is 4.90 Å². The van der Waals surface area contributed by atoms with Gasteiger partial charge < -0.3 is 14.4 Å². The van der Waals surface area contributed by atoms with Crippen LogP contribution in [0.15, 0.2) is 34.7 Å². The number of para-hydroxylation sites is 1. The van der Waals surface area contributed by atoms with Crippen molar-refractivity contribution in [2.45, 2.75) is 19.4 Å². The van der Waals surface area contributed by atoms with Gasteiger partial charge in [-0.1, -0.05) is 25.1 Å². The number of likely N-dealkylation sites (tertiary alicyclic amines) is 1. The third-order valence-corrected chi connectivity index (χ3v) is 3.78. The first-order chi connectivity index (χ1) is 9.15. The summed E-state index contributed by atoms with van der Waals surface area (Å²) in [6.07, 6.45) is 0.326. The Kier molecular flexibility index (Phi) is 3.03. The average Bonchev–Trinajstić information content (AvgIpc) is 2.85. The molecule has 0 saturated carbocycles. The van der Waals surface area contributed by atoms with Gasteiger partial charge in [-0.25, -0.2) is 0 Å². The number of rotatable bonds is 1. The summed E-state index contributed by atoms with van der Waals surface area (Å²) in [5.41, 5.74) is 0.732. The Morgan fingerprint density at radius 3 is 2.95 bits per heavy atom. The minimum Gasteiger partial charge on any atom is -0.451 e. The van der Waals surface area contributed by atoms with E-state index in [1.165, 1.54) is 0 Å². The Morgan fingerprint density at radius 1 is 1.42 bits per heavy atom. The largest absolute Gasteiger partial charge is 0.451 e. The number of hydrogen-bond acceptors (Lipinski definition) is 3. The van der Waals surface area contributed by atoms with Gasteiger partial charge in [-0.3, -0.25) is 4.79 Å². The molecular formula is C15H17NO3. The summed E-state index contributed by atoms with van der Waals surface area (Å²) in [7, 11) is 0. The molecule has 2 atom stereocenters. The van der Waals surface area contributed by atoms with Gasteiger partial charge in [0.05, 0.1) is 6.10 Å². The van der Waals surface area contributed by atoms with Gasteiger partial charge in [0.25, 0.3) is 5.91 Å². The molecule has 1 aliphatic heterocycles. The predicted molar refractivity (Wildman–Crippen MR) is 71.9 cm³/mol. The molecule has 100 valence electrons. The normalized spacial score (nSPS) is 23.8. The molecule has 1 fully saturated rings. The highest BCUT2D eigenvalue weighted by Crippen LogP contribution is 2.23. The molecule has 1 aromatic carbocycles. The van der Waals surface area contributed by atoms with Crippen molar-refractivity contribution in [2.24, 2.45) is 5.92 Å². The van der Waals surface area contributed by atoms with Crippen molar-refractivity contribution in [1.29, 1.82) is 0 Å². The fourth-order valence-corrected chi connectivity index (χ4v) is 2.56. The molecule has 2 unspecified atom stereocenters. The highest BCUT2D eigenvalue weighted by Gasteiger charge is 2.29. The van der Waals surface area contributed by atoms with Crippen molar-refractivity contribution in [3.63, 3.8) is 0 Å². The van der Waals surface area contributed by atoms with Crippen LogP contribution in [0.2, 0.25) is 0 Å². The van der Waals surface area contributed by atoms with E-state index in [0.29, 0.717) is 25.3 Å². The molecule has 4 nitrogen and oxygen atoms in total. The van der Waals surface area contributed by atoms with Crippen LogP contribution >= 0.6 is 0 Å². The lowest BCUT2D eigenvalue weighted by Crippen LogP contribution is -2.44. The molecule has 4 heteroatoms. The lowest BCUT2D eigenvalue weighted by molar-refractivity contribution is 0.0281. The molecule has 1 saturated heterocycles. The minimum absolute atomic E-state index is 0.0880. The Morgan fingerprint density at radius 2 is 2.21 bits per heavy atom. The van der Waals surface area contributed by atoms with Crippen LogP contribution in [0.5, 0.6) is 0 Å². The number of carbonyl (C=O) groups is 1. The first kappa shape index (κ1) is 12.2. The number of aliphatic hydroxyl groups is 1. The summed E-state index contributed by atoms with van der Waals surface area (Å²) in [5.74, 6) is 0.404. The maximum absolute atomic E-state index is 12.4. The van der Waals surface area contributed by atoms with Crippen LogP contribution < -0.4 is 0 Å². The summed E-state index contributed by atoms with van der Waals surface area (Å²) in [6.45, 7) is 3.13. The van der Waals surface area contributed by atoms with Crippen molar-refractivity contribution in [3.8, 4) is 0 Å². The van der Waals surface area contributed by atoms with Crippen LogP contribution in [-0.2, 0) is 0 Å². The number of fused-ring (bicyclic) bond motifs is 1. The first-order valence-corrected chi connectivity index (χ1v) is 6.61. The lowest BCUT2D eigenvalue weighted by Gasteiger charge is -2.33. The molecule has 0 bridgehead atoms. The second-order valence-corrected chi connectivity index (χ2v) is 5.23. The van der Waals surface area contributed by atoms with E-state index in [1.807, 2.05) is 31.2 Å². The van der Waals surface area contributed by atoms with Crippen molar-refractivity contribution in [3.05, 3.63) is 36.1 Å². The summed E-state index contributed by atoms with van der Waals surface area (Å²) in [6, 6.07) is 9.38. The molecule has 2 heterocycles. The Bertz CT molecular complexity index is 571. The summed E-state index contributed by atoms with van der Waals surface area (Å²) in [5, 5.41) is 10.6. The van der Waals surface area contributed by atoms with E-state index in [4.69, 9.17) is 4.42 Å². The van der Waals surface area contributed by atoms with Gasteiger partial charge >= 0.3 is 0 Å². The lowest BCUT2D eigenvalue weighted by atomic mass is 9.96. The van der Waals surface area contributed by atoms with Gasteiger partial charge in [0, 0.05) is 18.5 Å². The number of amides is 1. The van der Waals surface area contributed by atoms with Gasteiger partial charge in [0.1, 0.15) is 5.58 Å². The number of nitrogens with zero attached hydrogens (tertiary/aromatic N) is 1. The van der Waals surface area contributed by atoms with E-state index in [0.717, 1.165) is 11.0 Å². The number of furan rings is 1. The van der Waals surface area contributed by atoms with E-state index in [-0.39, 0.29) is 17.9 Å². The molecule has 1 amide bonds. The van der Waals surface area contributed by atoms with Crippen molar-refractivity contribution < 1.29 is 14.3 Å². The van der Waals surface area contributed by atoms with Crippen LogP contribution in [0.1, 0.15) is 23.9 Å². The number of aliphatic hydroxyl groups excluding tert-OH is 1. The maximum Gasteiger partial charge on any atom is 0.289 e. The zero-order valence-electron chi connectivity index (χ0n) is 10.9. The molecular weight excluding hydrogens is 242 g/mol. The first-order valence-electron chi connectivity index (χ1n) is 6.61. The second kappa shape index (κ2) is 4.70. The molecule has 0 aliphatic carbocycles. The van der Waals surface area contributed by atoms with Crippen LogP contribution in [0.4, 0.5) is 0 Å². The topological polar surface area (TPSA) is 53.7 Å². The molecule has 3 rings (SSSR count). The predicted octanol–water partition coefficient (Wildman–Crippen LogP) is 2.28. The van der Waals surface area contributed by atoms with Gasteiger partial charge in [0.2, 0.25) is 0 Å². The fraction of sp³-hybridized carbons (Fsp3) is 0.400. The Labute approximate surface area is 111 Å². The highest BCUT2D eigenvalue weighted by atomic mass is 16.3. The van der Waals surface area contributed by atoms with Crippen molar-refractivity contribution >= 4 is 16.9 Å². The monoisotopic (exact) mass is 259 g/mol. The molecule has 0 spiro atoms. The summed E-state index contributed by atoms with van der Waals surface area (Å²) in [4.78, 5) is 14.1. The van der Waals surface area contributed by atoms with E-state index in [1.54, 1.807) is 11.0 Å². The third kappa shape index (κ3) is 2.24. The van der Waals surface area contributed by atoms with Crippen LogP contribution in [0.3, 0.4) is 0 Å². The molecule has 2 aromatic rings. The number of carbonyl (C=O) groups excluding carboxylic acids is 1. The van der Waals surface area contributed by atoms with E-state index < -0.39 is 0 Å². The Balaban J connectivity index is 1.83. The number of piperidine rings is 1. The third-order valence-electron chi connectivity index (χ3n) is 3.78. The number of benzene rings is 1. The maximum atomic E-state index is 12.4. The molecule has 0 radical (unpaired) electrons. The summed E-state index contributed by atoms with van der Waals surface area (Å²) < 4.78 is 5.59. The van der Waals surface area contributed by atoms with Gasteiger partial charge in [-0.15, -0.1) is 0 Å². The minimum atomic E-state index is -0.306. The SMILES string of the molecule is CC1CN(C(=O)c2cc3ccccc3o2)CCC1O. The standard InChI is InChI=1S/C15H17NO3/c1-10-9-16(7-6-12(10)17)15(18)14-8-11-4-2-3-5-13(11)19-14/h2-5,8,10,12,17H,6-7,9H2,1H3. The van der Waals surface area contributed by atoms with E-state index in [2.05, 4.69) is 0 Å². The highest BCUT2D eigenvalue weighted by molar-refractivity contribution is 5.96. The van der Waals surface area contributed by atoms with Crippen LogP contribution in [0, 0.1) is 5.92 Å². The Hall–Kier alpha value is -1.81. The summed E-state index contributed by atoms with van der Waals surface area (Å²) >= 11 is 0. The molecule has 1 aliphatic rings. The van der Waals surface area contributed by atoms with Gasteiger partial charge in [-0.2, -0.15) is 0 Å². The average molecular weight is 259 g/mol. The molecule has 19 heavy (non-hydrogen) atoms. The quantitative estimate of drug-likeness (QED) is 0.854. The fourth-order valence-electron chi connectivity index (χ4n) is 2.56. The number of hydrogen-bond donors (Lipinski definition) is 1. The van der Waals surface area contributed by atoms with Crippen LogP contribution in [0.25, 0.3) is 11.0 Å².